The molecule has 0 aliphatic heterocycles. The van der Waals surface area contributed by atoms with Gasteiger partial charge in [0.25, 0.3) is 0 Å². The molecular weight excluding hydrogens is 344 g/mol. The zero-order valence-electron chi connectivity index (χ0n) is 16.8. The lowest BCUT2D eigenvalue weighted by molar-refractivity contribution is 0.627. The normalized spacial score (nSPS) is 10.6. The van der Waals surface area contributed by atoms with Crippen molar-refractivity contribution >= 4 is 23.5 Å². The molecule has 0 amide bonds. The minimum Gasteiger partial charge on any atom is -0.397 e. The number of anilines is 2. The fourth-order valence-corrected chi connectivity index (χ4v) is 2.79. The molecule has 0 saturated heterocycles. The highest BCUT2D eigenvalue weighted by molar-refractivity contribution is 5.74. The van der Waals surface area contributed by atoms with E-state index in [-0.39, 0.29) is 0 Å². The molecule has 28 heavy (non-hydrogen) atoms. The maximum absolute atomic E-state index is 5.73. The van der Waals surface area contributed by atoms with Crippen LogP contribution in [0.15, 0.2) is 60.8 Å². The summed E-state index contributed by atoms with van der Waals surface area (Å²) in [5.74, 6) is 0. The van der Waals surface area contributed by atoms with Gasteiger partial charge in [0.2, 0.25) is 0 Å². The highest BCUT2D eigenvalue weighted by atomic mass is 15.1. The first-order valence-corrected chi connectivity index (χ1v) is 10.1. The Morgan fingerprint density at radius 1 is 0.821 bits per heavy atom. The lowest BCUT2D eigenvalue weighted by Gasteiger charge is -2.00. The predicted octanol–water partition coefficient (Wildman–Crippen LogP) is 5.94. The van der Waals surface area contributed by atoms with Crippen molar-refractivity contribution in [3.63, 3.8) is 0 Å². The van der Waals surface area contributed by atoms with Crippen LogP contribution in [0.25, 0.3) is 12.2 Å². The Labute approximate surface area is 168 Å². The summed E-state index contributed by atoms with van der Waals surface area (Å²) in [5.41, 5.74) is 16.0. The number of unbranched alkanes of at least 4 members (excludes halogenated alkanes) is 4. The van der Waals surface area contributed by atoms with Crippen LogP contribution in [0.2, 0.25) is 0 Å². The molecule has 5 N–H and O–H groups in total. The first-order valence-electron chi connectivity index (χ1n) is 10.1. The maximum atomic E-state index is 5.73. The van der Waals surface area contributed by atoms with Gasteiger partial charge in [-0.15, -0.1) is 0 Å². The Hall–Kier alpha value is -3.01. The van der Waals surface area contributed by atoms with Crippen LogP contribution in [0.4, 0.5) is 11.4 Å². The van der Waals surface area contributed by atoms with Gasteiger partial charge >= 0.3 is 0 Å². The van der Waals surface area contributed by atoms with Gasteiger partial charge in [-0.05, 0) is 42.2 Å². The van der Waals surface area contributed by atoms with Crippen LogP contribution in [-0.2, 0) is 6.42 Å². The molecule has 3 aromatic rings. The molecule has 0 fully saturated rings. The molecule has 1 aromatic heterocycles. The fraction of sp³-hybridized carbons (Fsp3) is 0.292. The molecule has 0 bridgehead atoms. The molecule has 0 saturated carbocycles. The number of nitrogens with zero attached hydrogens (tertiary/aromatic N) is 1. The summed E-state index contributed by atoms with van der Waals surface area (Å²) < 4.78 is 0. The SMILES string of the molecule is CCCCCCCc1cc[nH]n1.Nc1ccc(C=Cc2ccccc2)cc1N. The largest absolute Gasteiger partial charge is 0.397 e. The molecule has 1 heterocycles. The molecule has 2 aromatic carbocycles. The average Bonchev–Trinajstić information content (AvgIpc) is 3.24. The molecule has 4 nitrogen and oxygen atoms in total. The number of nitrogen functional groups attached to an aromatic ring is 2. The van der Waals surface area contributed by atoms with Crippen LogP contribution < -0.4 is 11.5 Å². The second-order valence-electron chi connectivity index (χ2n) is 6.86. The molecule has 3 rings (SSSR count). The molecule has 148 valence electrons. The molecule has 0 radical (unpaired) electrons. The lowest BCUT2D eigenvalue weighted by Crippen LogP contribution is -1.93. The standard InChI is InChI=1S/C14H14N2.C10H18N2/c15-13-9-8-12(10-14(13)16)7-6-11-4-2-1-3-5-11;1-2-3-4-5-6-7-10-8-9-11-12-10/h1-10H,15-16H2;8-9H,2-7H2,1H3,(H,11,12). The van der Waals surface area contributed by atoms with Crippen LogP contribution in [-0.4, -0.2) is 10.2 Å². The van der Waals surface area contributed by atoms with E-state index in [0.717, 1.165) is 17.5 Å². The van der Waals surface area contributed by atoms with Crippen molar-refractivity contribution in [3.8, 4) is 0 Å². The third-order valence-corrected chi connectivity index (χ3v) is 4.47. The van der Waals surface area contributed by atoms with Crippen LogP contribution >= 0.6 is 0 Å². The van der Waals surface area contributed by atoms with Crippen molar-refractivity contribution in [2.75, 3.05) is 11.5 Å². The Kier molecular flexibility index (Phi) is 9.42. The second-order valence-corrected chi connectivity index (χ2v) is 6.86. The number of rotatable bonds is 8. The fourth-order valence-electron chi connectivity index (χ4n) is 2.79. The minimum atomic E-state index is 0.621. The first kappa shape index (κ1) is 21.3. The highest BCUT2D eigenvalue weighted by Gasteiger charge is 1.95. The van der Waals surface area contributed by atoms with Crippen molar-refractivity contribution in [2.45, 2.75) is 45.4 Å². The summed E-state index contributed by atoms with van der Waals surface area (Å²) in [6, 6.07) is 17.8. The predicted molar refractivity (Wildman–Crippen MR) is 122 cm³/mol. The molecule has 0 aliphatic carbocycles. The highest BCUT2D eigenvalue weighted by Crippen LogP contribution is 2.17. The van der Waals surface area contributed by atoms with E-state index >= 15 is 0 Å². The molecule has 4 heteroatoms. The smallest absolute Gasteiger partial charge is 0.0622 e. The van der Waals surface area contributed by atoms with E-state index < -0.39 is 0 Å². The van der Waals surface area contributed by atoms with Gasteiger partial charge in [-0.25, -0.2) is 0 Å². The van der Waals surface area contributed by atoms with Crippen LogP contribution in [0.3, 0.4) is 0 Å². The van der Waals surface area contributed by atoms with E-state index in [2.05, 4.69) is 35.3 Å². The van der Waals surface area contributed by atoms with Crippen molar-refractivity contribution in [3.05, 3.63) is 77.6 Å². The van der Waals surface area contributed by atoms with Crippen LogP contribution in [0.5, 0.6) is 0 Å². The third kappa shape index (κ3) is 8.12. The number of aryl methyl sites for hydroxylation is 1. The maximum Gasteiger partial charge on any atom is 0.0622 e. The van der Waals surface area contributed by atoms with Gasteiger partial charge in [-0.3, -0.25) is 5.10 Å². The number of aromatic amines is 1. The number of nitrogens with one attached hydrogen (secondary N) is 1. The summed E-state index contributed by atoms with van der Waals surface area (Å²) in [5, 5.41) is 6.94. The van der Waals surface area contributed by atoms with Gasteiger partial charge < -0.3 is 11.5 Å². The first-order chi connectivity index (χ1) is 13.7. The minimum absolute atomic E-state index is 0.621. The van der Waals surface area contributed by atoms with Gasteiger partial charge in [-0.2, -0.15) is 5.10 Å². The van der Waals surface area contributed by atoms with Crippen LogP contribution in [0.1, 0.15) is 55.8 Å². The molecular formula is C24H32N4. The van der Waals surface area contributed by atoms with Crippen molar-refractivity contribution in [1.29, 1.82) is 0 Å². The number of nitrogens with two attached hydrogens (primary N) is 2. The number of hydrogen-bond donors (Lipinski definition) is 3. The average molecular weight is 377 g/mol. The number of aromatic nitrogens is 2. The summed E-state index contributed by atoms with van der Waals surface area (Å²) in [7, 11) is 0. The number of hydrogen-bond acceptors (Lipinski definition) is 3. The Bertz CT molecular complexity index is 808. The molecule has 0 spiro atoms. The zero-order valence-corrected chi connectivity index (χ0v) is 16.8. The van der Waals surface area contributed by atoms with E-state index in [1.54, 1.807) is 0 Å². The Morgan fingerprint density at radius 2 is 1.57 bits per heavy atom. The van der Waals surface area contributed by atoms with Gasteiger partial charge in [0.15, 0.2) is 0 Å². The Morgan fingerprint density at radius 3 is 2.25 bits per heavy atom. The summed E-state index contributed by atoms with van der Waals surface area (Å²) >= 11 is 0. The zero-order chi connectivity index (χ0) is 20.0. The summed E-state index contributed by atoms with van der Waals surface area (Å²) in [6.07, 6.45) is 13.8. The van der Waals surface area contributed by atoms with Gasteiger partial charge in [0, 0.05) is 6.20 Å². The quantitative estimate of drug-likeness (QED) is 0.258. The lowest BCUT2D eigenvalue weighted by atomic mass is 10.1. The van der Waals surface area contributed by atoms with Crippen molar-refractivity contribution in [1.82, 2.24) is 10.2 Å². The van der Waals surface area contributed by atoms with Crippen LogP contribution in [0, 0.1) is 0 Å². The van der Waals surface area contributed by atoms with Crippen molar-refractivity contribution in [2.24, 2.45) is 0 Å². The summed E-state index contributed by atoms with van der Waals surface area (Å²) in [4.78, 5) is 0. The van der Waals surface area contributed by atoms with Gasteiger partial charge in [0.05, 0.1) is 17.1 Å². The Balaban J connectivity index is 0.000000209. The summed E-state index contributed by atoms with van der Waals surface area (Å²) in [6.45, 7) is 2.24. The third-order valence-electron chi connectivity index (χ3n) is 4.47. The van der Waals surface area contributed by atoms with E-state index in [1.165, 1.54) is 37.8 Å². The molecule has 0 unspecified atom stereocenters. The van der Waals surface area contributed by atoms with Gasteiger partial charge in [-0.1, -0.05) is 81.2 Å². The van der Waals surface area contributed by atoms with Crippen molar-refractivity contribution < 1.29 is 0 Å². The van der Waals surface area contributed by atoms with E-state index in [0.29, 0.717) is 11.4 Å². The number of H-pyrrole nitrogens is 1. The van der Waals surface area contributed by atoms with Gasteiger partial charge in [0.1, 0.15) is 0 Å². The van der Waals surface area contributed by atoms with E-state index in [9.17, 15) is 0 Å². The monoisotopic (exact) mass is 376 g/mol. The molecule has 0 aliphatic rings. The van der Waals surface area contributed by atoms with E-state index in [1.807, 2.05) is 54.7 Å². The molecule has 0 atom stereocenters. The topological polar surface area (TPSA) is 80.7 Å². The number of benzene rings is 2. The second kappa shape index (κ2) is 12.4. The van der Waals surface area contributed by atoms with E-state index in [4.69, 9.17) is 11.5 Å².